The normalized spacial score (nSPS) is 7.56. The fraction of sp³-hybridized carbons (Fsp3) is 0. The van der Waals surface area contributed by atoms with Gasteiger partial charge in [0, 0.05) is 6.20 Å². The number of aromatic amines is 2. The van der Waals surface area contributed by atoms with Crippen molar-refractivity contribution in [3.05, 3.63) is 72.8 Å². The molecule has 0 aliphatic carbocycles. The van der Waals surface area contributed by atoms with Crippen molar-refractivity contribution in [1.82, 2.24) is 22.3 Å². The van der Waals surface area contributed by atoms with E-state index in [0.29, 0.717) is 6.20 Å². The minimum Gasteiger partial charge on any atom is -0.872 e. The first-order valence-electron chi connectivity index (χ1n) is 5.25. The molecule has 0 aliphatic heterocycles. The van der Waals surface area contributed by atoms with Gasteiger partial charge in [0.15, 0.2) is 0 Å². The van der Waals surface area contributed by atoms with E-state index in [2.05, 4.69) is 0 Å². The quantitative estimate of drug-likeness (QED) is 0.244. The molecule has 1 aromatic heterocycles. The predicted octanol–water partition coefficient (Wildman–Crippen LogP) is 0.233. The molecule has 0 spiro atoms. The molecule has 0 unspecified atom stereocenters. The molecule has 0 aliphatic rings. The van der Waals surface area contributed by atoms with E-state index >= 15 is 0 Å². The van der Waals surface area contributed by atoms with Gasteiger partial charge in [-0.2, -0.15) is 4.39 Å². The molecular weight excluding hydrogens is 528 g/mol. The Morgan fingerprint density at radius 2 is 1.68 bits per heavy atom. The number of nitrogens with zero attached hydrogens (tertiary/aromatic N) is 1. The molecule has 1 aromatic carbocycles. The first-order chi connectivity index (χ1) is 10.3. The molecule has 0 bridgehead atoms. The monoisotopic (exact) mass is 542 g/mol. The third kappa shape index (κ3) is 12.2. The Morgan fingerprint density at radius 1 is 1.20 bits per heavy atom. The van der Waals surface area contributed by atoms with E-state index < -0.39 is 28.8 Å². The van der Waals surface area contributed by atoms with Gasteiger partial charge in [-0.25, -0.2) is 9.59 Å². The number of carboxylic acid groups (broad SMARTS) is 1. The molecule has 0 atom stereocenters. The minimum atomic E-state index is -1.18. The van der Waals surface area contributed by atoms with Crippen molar-refractivity contribution in [3.8, 4) is 5.75 Å². The first kappa shape index (κ1) is 30.0. The van der Waals surface area contributed by atoms with Crippen LogP contribution in [0.2, 0.25) is 0 Å². The summed E-state index contributed by atoms with van der Waals surface area (Å²) in [6.45, 7) is 0. The van der Waals surface area contributed by atoms with Crippen LogP contribution in [0.3, 0.4) is 0 Å². The molecule has 0 amide bonds. The Morgan fingerprint density at radius 3 is 2.00 bits per heavy atom. The molecule has 9 N–H and O–H groups in total. The van der Waals surface area contributed by atoms with Gasteiger partial charge < -0.3 is 37.6 Å². The molecule has 142 valence electrons. The maximum atomic E-state index is 12.0. The van der Waals surface area contributed by atoms with Crippen LogP contribution in [0, 0.1) is 15.9 Å². The number of para-hydroxylation sites is 1. The number of benzene rings is 1. The molecule has 1 heterocycles. The Kier molecular flexibility index (Phi) is 19.2. The number of hydrogen-bond donors (Lipinski definition) is 5. The summed E-state index contributed by atoms with van der Waals surface area (Å²) in [5, 5.41) is 28.0. The second-order valence-electron chi connectivity index (χ2n) is 3.30. The van der Waals surface area contributed by atoms with Crippen LogP contribution in [0.4, 0.5) is 4.39 Å². The number of carbonyl (C=O) groups is 1. The zero-order valence-electron chi connectivity index (χ0n) is 12.3. The molecule has 0 radical (unpaired) electrons. The summed E-state index contributed by atoms with van der Waals surface area (Å²) in [5.41, 5.74) is -1.89. The van der Waals surface area contributed by atoms with E-state index in [0.717, 1.165) is 5.34 Å². The molecule has 14 heteroatoms. The molecule has 0 fully saturated rings. The zero-order valence-corrected chi connectivity index (χ0v) is 14.6. The number of hydrogen-bond acceptors (Lipinski definition) is 9. The van der Waals surface area contributed by atoms with Gasteiger partial charge in [-0.3, -0.25) is 9.78 Å². The Labute approximate surface area is 153 Å². The molecule has 2 rings (SSSR count). The van der Waals surface area contributed by atoms with E-state index in [1.807, 2.05) is 4.98 Å². The molecular formula is C11H14FN5O7Pt. The summed E-state index contributed by atoms with van der Waals surface area (Å²) in [6, 6.07) is 5.54. The van der Waals surface area contributed by atoms with Gasteiger partial charge in [-0.1, -0.05) is 23.9 Å². The average molecular weight is 542 g/mol. The van der Waals surface area contributed by atoms with E-state index in [1.165, 1.54) is 24.3 Å². The van der Waals surface area contributed by atoms with Crippen molar-refractivity contribution in [2.75, 3.05) is 0 Å². The minimum absolute atomic E-state index is 0. The number of nitrogens with one attached hydrogen (secondary N) is 2. The number of aromatic nitrogens is 2. The molecule has 12 nitrogen and oxygen atoms in total. The van der Waals surface area contributed by atoms with Crippen LogP contribution in [0.15, 0.2) is 45.4 Å². The molecule has 2 aromatic rings. The number of aromatic carboxylic acids is 1. The van der Waals surface area contributed by atoms with Gasteiger partial charge in [0.2, 0.25) is 5.82 Å². The first-order valence-corrected chi connectivity index (χ1v) is 5.25. The smallest absolute Gasteiger partial charge is 0.872 e. The van der Waals surface area contributed by atoms with Crippen molar-refractivity contribution >= 4 is 5.97 Å². The summed E-state index contributed by atoms with van der Waals surface area (Å²) < 4.78 is 12.0. The second kappa shape index (κ2) is 16.0. The third-order valence-corrected chi connectivity index (χ3v) is 1.89. The van der Waals surface area contributed by atoms with Crippen LogP contribution in [-0.4, -0.2) is 21.0 Å². The van der Waals surface area contributed by atoms with Gasteiger partial charge >= 0.3 is 32.7 Å². The summed E-state index contributed by atoms with van der Waals surface area (Å²) in [5.74, 6) is -2.62. The SMILES string of the molecule is N.N.O=C(O)c1ccccc1[O-].O=N[O-].O=c1[nH]cc(F)c(=O)[nH]1.[Pt+2]. The Bertz CT molecular complexity index is 752. The Hall–Kier alpha value is -2.89. The fourth-order valence-electron chi connectivity index (χ4n) is 1.04. The third-order valence-electron chi connectivity index (χ3n) is 1.89. The summed E-state index contributed by atoms with van der Waals surface area (Å²) >= 11 is 0. The largest absolute Gasteiger partial charge is 2.00 e. The van der Waals surface area contributed by atoms with Crippen LogP contribution >= 0.6 is 0 Å². The standard InChI is InChI=1S/C7H6O3.C4H3FN2O2.HNO2.2H3N.Pt/c8-6-4-2-1-3-5(6)7(9)10;5-2-1-6-4(9)7-3(2)8;2-1-3;;;/h1-4,8H,(H,9,10);1H,(H2,6,7,8,9);(H,2,3);2*1H3;/q;;;;;+2/p-2. The van der Waals surface area contributed by atoms with Crippen molar-refractivity contribution < 1.29 is 40.5 Å². The van der Waals surface area contributed by atoms with Gasteiger partial charge in [-0.15, -0.1) is 5.34 Å². The van der Waals surface area contributed by atoms with Gasteiger partial charge in [0.05, 0.1) is 5.56 Å². The van der Waals surface area contributed by atoms with Crippen molar-refractivity contribution in [2.45, 2.75) is 0 Å². The summed E-state index contributed by atoms with van der Waals surface area (Å²) in [6.07, 6.45) is 0.709. The Balaban J connectivity index is -0.000000139. The number of H-pyrrole nitrogens is 2. The van der Waals surface area contributed by atoms with E-state index in [-0.39, 0.29) is 38.9 Å². The van der Waals surface area contributed by atoms with Crippen LogP contribution in [0.1, 0.15) is 10.4 Å². The fourth-order valence-corrected chi connectivity index (χ4v) is 1.04. The molecule has 0 saturated heterocycles. The summed E-state index contributed by atoms with van der Waals surface area (Å²) in [7, 11) is 0. The maximum absolute atomic E-state index is 12.0. The van der Waals surface area contributed by atoms with Crippen LogP contribution in [0.25, 0.3) is 0 Å². The number of halogens is 1. The van der Waals surface area contributed by atoms with Crippen molar-refractivity contribution in [3.63, 3.8) is 0 Å². The van der Waals surface area contributed by atoms with E-state index in [1.54, 1.807) is 4.98 Å². The van der Waals surface area contributed by atoms with Gasteiger partial charge in [0.25, 0.3) is 5.56 Å². The number of carboxylic acids is 1. The summed E-state index contributed by atoms with van der Waals surface area (Å²) in [4.78, 5) is 42.2. The second-order valence-corrected chi connectivity index (χ2v) is 3.30. The average Bonchev–Trinajstić information content (AvgIpc) is 2.45. The predicted molar refractivity (Wildman–Crippen MR) is 79.7 cm³/mol. The van der Waals surface area contributed by atoms with Crippen LogP contribution < -0.4 is 28.7 Å². The number of rotatable bonds is 1. The topological polar surface area (TPSA) is 249 Å². The van der Waals surface area contributed by atoms with Gasteiger partial charge in [-0.05, 0) is 6.07 Å². The van der Waals surface area contributed by atoms with Crippen LogP contribution in [-0.2, 0) is 21.1 Å². The van der Waals surface area contributed by atoms with E-state index in [4.69, 9.17) is 15.2 Å². The van der Waals surface area contributed by atoms with Crippen molar-refractivity contribution in [1.29, 1.82) is 0 Å². The zero-order chi connectivity index (χ0) is 17.1. The van der Waals surface area contributed by atoms with Crippen LogP contribution in [0.5, 0.6) is 5.75 Å². The van der Waals surface area contributed by atoms with Crippen molar-refractivity contribution in [2.24, 2.45) is 5.34 Å². The molecule has 25 heavy (non-hydrogen) atoms. The van der Waals surface area contributed by atoms with Gasteiger partial charge in [0.1, 0.15) is 0 Å². The van der Waals surface area contributed by atoms with E-state index in [9.17, 15) is 23.9 Å². The molecule has 0 saturated carbocycles. The maximum Gasteiger partial charge on any atom is 2.00 e.